The van der Waals surface area contributed by atoms with E-state index in [1.807, 2.05) is 6.92 Å². The number of thioether (sulfide) groups is 1. The molecule has 1 N–H and O–H groups in total. The maximum Gasteiger partial charge on any atom is 0.264 e. The van der Waals surface area contributed by atoms with Crippen LogP contribution in [0.25, 0.3) is 0 Å². The summed E-state index contributed by atoms with van der Waals surface area (Å²) >= 11 is 1.63. The lowest BCUT2D eigenvalue weighted by atomic mass is 9.68. The van der Waals surface area contributed by atoms with Gasteiger partial charge < -0.3 is 5.32 Å². The van der Waals surface area contributed by atoms with Crippen molar-refractivity contribution in [3.8, 4) is 0 Å². The van der Waals surface area contributed by atoms with Crippen LogP contribution in [0.15, 0.2) is 4.99 Å². The Kier molecular flexibility index (Phi) is 6.81. The van der Waals surface area contributed by atoms with Gasteiger partial charge in [-0.25, -0.2) is 0 Å². The van der Waals surface area contributed by atoms with E-state index in [-0.39, 0.29) is 10.7 Å². The molecule has 138 valence electrons. The molecule has 4 heteroatoms. The van der Waals surface area contributed by atoms with Crippen LogP contribution in [-0.2, 0) is 4.79 Å². The molecule has 1 fully saturated rings. The number of nitrogens with zero attached hydrogens (tertiary/aromatic N) is 1. The van der Waals surface area contributed by atoms with E-state index < -0.39 is 0 Å². The SMILES string of the molecule is CCCCCC1(CC)CCC(NC2=NC(=O)C(C)(C(C)C)S2)CC1. The van der Waals surface area contributed by atoms with E-state index in [0.29, 0.717) is 17.4 Å². The summed E-state index contributed by atoms with van der Waals surface area (Å²) < 4.78 is -0.385. The average Bonchev–Trinajstić information content (AvgIpc) is 2.85. The molecule has 1 atom stereocenters. The van der Waals surface area contributed by atoms with Crippen LogP contribution in [0.4, 0.5) is 0 Å². The van der Waals surface area contributed by atoms with Gasteiger partial charge in [0.15, 0.2) is 5.17 Å². The Morgan fingerprint density at radius 1 is 1.25 bits per heavy atom. The standard InChI is InChI=1S/C20H36N2OS/c1-6-8-9-12-20(7-2)13-10-16(11-14-20)21-18-22-17(23)19(5,24-18)15(3)4/h15-16H,6-14H2,1-5H3,(H,21,22,23). The molecular weight excluding hydrogens is 316 g/mol. The van der Waals surface area contributed by atoms with Crippen LogP contribution >= 0.6 is 11.8 Å². The number of carbonyl (C=O) groups is 1. The predicted octanol–water partition coefficient (Wildman–Crippen LogP) is 5.54. The minimum atomic E-state index is -0.385. The van der Waals surface area contributed by atoms with Gasteiger partial charge in [-0.2, -0.15) is 4.99 Å². The Labute approximate surface area is 152 Å². The molecule has 0 aromatic carbocycles. The summed E-state index contributed by atoms with van der Waals surface area (Å²) in [4.78, 5) is 16.5. The van der Waals surface area contributed by atoms with Gasteiger partial charge in [0.25, 0.3) is 5.91 Å². The van der Waals surface area contributed by atoms with Gasteiger partial charge in [-0.15, -0.1) is 0 Å². The van der Waals surface area contributed by atoms with Crippen molar-refractivity contribution < 1.29 is 4.79 Å². The molecule has 1 aliphatic carbocycles. The summed E-state index contributed by atoms with van der Waals surface area (Å²) in [5.41, 5.74) is 0.570. The van der Waals surface area contributed by atoms with Crippen LogP contribution < -0.4 is 5.32 Å². The number of hydrogen-bond donors (Lipinski definition) is 1. The number of nitrogens with one attached hydrogen (secondary N) is 1. The fourth-order valence-electron chi connectivity index (χ4n) is 3.98. The van der Waals surface area contributed by atoms with Crippen molar-refractivity contribution in [2.24, 2.45) is 16.3 Å². The van der Waals surface area contributed by atoms with E-state index in [9.17, 15) is 4.79 Å². The third kappa shape index (κ3) is 4.36. The van der Waals surface area contributed by atoms with Crippen LogP contribution in [0, 0.1) is 11.3 Å². The lowest BCUT2D eigenvalue weighted by Crippen LogP contribution is -2.40. The van der Waals surface area contributed by atoms with Crippen molar-refractivity contribution >= 4 is 22.8 Å². The molecule has 3 nitrogen and oxygen atoms in total. The first kappa shape index (κ1) is 19.8. The van der Waals surface area contributed by atoms with Gasteiger partial charge in [-0.1, -0.05) is 65.1 Å². The quantitative estimate of drug-likeness (QED) is 0.612. The maximum atomic E-state index is 12.2. The molecule has 0 spiro atoms. The van der Waals surface area contributed by atoms with E-state index in [0.717, 1.165) is 5.17 Å². The maximum absolute atomic E-state index is 12.2. The molecule has 2 rings (SSSR count). The van der Waals surface area contributed by atoms with Crippen molar-refractivity contribution in [3.63, 3.8) is 0 Å². The number of aliphatic imine (C=N–C) groups is 1. The number of rotatable bonds is 7. The fourth-order valence-corrected chi connectivity index (χ4v) is 5.10. The predicted molar refractivity (Wildman–Crippen MR) is 106 cm³/mol. The zero-order valence-corrected chi connectivity index (χ0v) is 17.1. The molecule has 24 heavy (non-hydrogen) atoms. The molecule has 0 aromatic rings. The highest BCUT2D eigenvalue weighted by Crippen LogP contribution is 2.44. The molecule has 0 saturated heterocycles. The first-order valence-corrected chi connectivity index (χ1v) is 10.8. The minimum absolute atomic E-state index is 0.0308. The van der Waals surface area contributed by atoms with Crippen molar-refractivity contribution in [3.05, 3.63) is 0 Å². The Morgan fingerprint density at radius 3 is 2.42 bits per heavy atom. The monoisotopic (exact) mass is 352 g/mol. The van der Waals surface area contributed by atoms with Crippen LogP contribution in [0.1, 0.15) is 92.4 Å². The highest BCUT2D eigenvalue weighted by molar-refractivity contribution is 8.16. The Hall–Kier alpha value is -0.510. The van der Waals surface area contributed by atoms with Gasteiger partial charge in [0.2, 0.25) is 0 Å². The van der Waals surface area contributed by atoms with E-state index in [1.165, 1.54) is 57.8 Å². The second-order valence-corrected chi connectivity index (χ2v) is 9.75. The molecule has 1 heterocycles. The summed E-state index contributed by atoms with van der Waals surface area (Å²) in [6.45, 7) is 10.9. The number of amidine groups is 1. The van der Waals surface area contributed by atoms with E-state index in [2.05, 4.69) is 38.0 Å². The number of hydrogen-bond acceptors (Lipinski definition) is 3. The first-order chi connectivity index (χ1) is 11.3. The number of amides is 1. The second-order valence-electron chi connectivity index (χ2n) is 8.32. The van der Waals surface area contributed by atoms with Crippen molar-refractivity contribution in [1.82, 2.24) is 5.32 Å². The zero-order chi connectivity index (χ0) is 17.8. The molecule has 0 radical (unpaired) electrons. The second kappa shape index (κ2) is 8.25. The smallest absolute Gasteiger partial charge is 0.264 e. The van der Waals surface area contributed by atoms with Crippen LogP contribution in [0.5, 0.6) is 0 Å². The van der Waals surface area contributed by atoms with E-state index >= 15 is 0 Å². The Balaban J connectivity index is 1.85. The van der Waals surface area contributed by atoms with Gasteiger partial charge in [-0.05, 0) is 50.4 Å². The van der Waals surface area contributed by atoms with Crippen molar-refractivity contribution in [2.75, 3.05) is 0 Å². The van der Waals surface area contributed by atoms with Gasteiger partial charge in [0, 0.05) is 6.04 Å². The van der Waals surface area contributed by atoms with Gasteiger partial charge in [0.05, 0.1) is 0 Å². The summed E-state index contributed by atoms with van der Waals surface area (Å²) in [6, 6.07) is 0.490. The van der Waals surface area contributed by atoms with Crippen molar-refractivity contribution in [2.45, 2.75) is 103 Å². The summed E-state index contributed by atoms with van der Waals surface area (Å²) in [7, 11) is 0. The molecule has 1 unspecified atom stereocenters. The Bertz CT molecular complexity index is 466. The van der Waals surface area contributed by atoms with Crippen LogP contribution in [0.2, 0.25) is 0 Å². The number of carbonyl (C=O) groups excluding carboxylic acids is 1. The van der Waals surface area contributed by atoms with Crippen LogP contribution in [-0.4, -0.2) is 21.9 Å². The summed E-state index contributed by atoms with van der Waals surface area (Å²) in [5.74, 6) is 0.332. The molecule has 0 bridgehead atoms. The van der Waals surface area contributed by atoms with Crippen LogP contribution in [0.3, 0.4) is 0 Å². The lowest BCUT2D eigenvalue weighted by Gasteiger charge is -2.40. The average molecular weight is 353 g/mol. The molecule has 1 amide bonds. The lowest BCUT2D eigenvalue weighted by molar-refractivity contribution is -0.120. The fraction of sp³-hybridized carbons (Fsp3) is 0.900. The van der Waals surface area contributed by atoms with Gasteiger partial charge in [-0.3, -0.25) is 4.79 Å². The first-order valence-electron chi connectivity index (χ1n) is 9.94. The highest BCUT2D eigenvalue weighted by atomic mass is 32.2. The normalized spacial score (nSPS) is 33.8. The Morgan fingerprint density at radius 2 is 1.92 bits per heavy atom. The largest absolute Gasteiger partial charge is 0.362 e. The molecule has 2 aliphatic rings. The zero-order valence-electron chi connectivity index (χ0n) is 16.3. The highest BCUT2D eigenvalue weighted by Gasteiger charge is 2.44. The van der Waals surface area contributed by atoms with Gasteiger partial charge >= 0.3 is 0 Å². The summed E-state index contributed by atoms with van der Waals surface area (Å²) in [5, 5.41) is 4.44. The molecule has 1 aliphatic heterocycles. The molecular formula is C20H36N2OS. The van der Waals surface area contributed by atoms with E-state index in [1.54, 1.807) is 11.8 Å². The molecule has 1 saturated carbocycles. The van der Waals surface area contributed by atoms with E-state index in [4.69, 9.17) is 0 Å². The molecule has 0 aromatic heterocycles. The topological polar surface area (TPSA) is 41.5 Å². The third-order valence-corrected chi connectivity index (χ3v) is 7.95. The summed E-state index contributed by atoms with van der Waals surface area (Å²) in [6.07, 6.45) is 11.8. The number of unbranched alkanes of at least 4 members (excludes halogenated alkanes) is 2. The van der Waals surface area contributed by atoms with Gasteiger partial charge in [0.1, 0.15) is 4.75 Å². The van der Waals surface area contributed by atoms with Crippen molar-refractivity contribution in [1.29, 1.82) is 0 Å². The minimum Gasteiger partial charge on any atom is -0.362 e. The third-order valence-electron chi connectivity index (χ3n) is 6.47.